The van der Waals surface area contributed by atoms with E-state index in [1.165, 1.54) is 0 Å². The van der Waals surface area contributed by atoms with Crippen molar-refractivity contribution in [3.05, 3.63) is 70.4 Å². The van der Waals surface area contributed by atoms with E-state index in [0.29, 0.717) is 21.9 Å². The van der Waals surface area contributed by atoms with Gasteiger partial charge in [0.15, 0.2) is 0 Å². The Hall–Kier alpha value is -3.12. The van der Waals surface area contributed by atoms with Gasteiger partial charge in [-0.15, -0.1) is 0 Å². The van der Waals surface area contributed by atoms with Crippen LogP contribution in [-0.4, -0.2) is 0 Å². The standard InChI is InChI=1S/C19H11NO2/c20-11-10-13-5-3-7-15-17(21)16-9-8-12-4-1-2-6-14(12)19(16)22-18(13)15/h1-9H,10H2. The molecule has 3 nitrogen and oxygen atoms in total. The predicted octanol–water partition coefficient (Wildman–Crippen LogP) is 4.17. The molecule has 4 aromatic rings. The van der Waals surface area contributed by atoms with Gasteiger partial charge in [-0.05, 0) is 17.5 Å². The second kappa shape index (κ2) is 4.71. The van der Waals surface area contributed by atoms with E-state index in [4.69, 9.17) is 9.68 Å². The summed E-state index contributed by atoms with van der Waals surface area (Å²) in [5.74, 6) is 0. The van der Waals surface area contributed by atoms with Gasteiger partial charge < -0.3 is 4.42 Å². The van der Waals surface area contributed by atoms with Crippen LogP contribution in [0.3, 0.4) is 0 Å². The minimum absolute atomic E-state index is 0.0539. The maximum absolute atomic E-state index is 12.7. The van der Waals surface area contributed by atoms with Crippen LogP contribution < -0.4 is 5.43 Å². The van der Waals surface area contributed by atoms with Gasteiger partial charge in [0.25, 0.3) is 0 Å². The van der Waals surface area contributed by atoms with E-state index in [-0.39, 0.29) is 11.8 Å². The molecule has 0 spiro atoms. The Bertz CT molecular complexity index is 1130. The second-order valence-corrected chi connectivity index (χ2v) is 5.22. The molecule has 1 aromatic heterocycles. The number of benzene rings is 3. The molecule has 0 saturated carbocycles. The molecule has 0 radical (unpaired) electrons. The normalized spacial score (nSPS) is 11.0. The zero-order valence-corrected chi connectivity index (χ0v) is 11.7. The van der Waals surface area contributed by atoms with Crippen LogP contribution in [0, 0.1) is 11.3 Å². The van der Waals surface area contributed by atoms with Crippen molar-refractivity contribution in [1.82, 2.24) is 0 Å². The third-order valence-electron chi connectivity index (χ3n) is 3.94. The van der Waals surface area contributed by atoms with Gasteiger partial charge in [-0.3, -0.25) is 4.79 Å². The summed E-state index contributed by atoms with van der Waals surface area (Å²) in [5, 5.41) is 12.0. The van der Waals surface area contributed by atoms with E-state index in [9.17, 15) is 4.79 Å². The van der Waals surface area contributed by atoms with Crippen LogP contribution in [0.25, 0.3) is 32.7 Å². The Morgan fingerprint density at radius 2 is 1.64 bits per heavy atom. The highest BCUT2D eigenvalue weighted by Crippen LogP contribution is 2.28. The summed E-state index contributed by atoms with van der Waals surface area (Å²) < 4.78 is 6.07. The number of nitrogens with zero attached hydrogens (tertiary/aromatic N) is 1. The molecule has 0 atom stereocenters. The molecule has 22 heavy (non-hydrogen) atoms. The number of hydrogen-bond acceptors (Lipinski definition) is 3. The fourth-order valence-electron chi connectivity index (χ4n) is 2.89. The molecule has 0 bridgehead atoms. The average Bonchev–Trinajstić information content (AvgIpc) is 2.56. The van der Waals surface area contributed by atoms with Gasteiger partial charge in [-0.1, -0.05) is 42.5 Å². The molecule has 1 heterocycles. The Labute approximate surface area is 126 Å². The van der Waals surface area contributed by atoms with Crippen molar-refractivity contribution in [3.63, 3.8) is 0 Å². The van der Waals surface area contributed by atoms with E-state index >= 15 is 0 Å². The second-order valence-electron chi connectivity index (χ2n) is 5.22. The van der Waals surface area contributed by atoms with Crippen molar-refractivity contribution in [3.8, 4) is 6.07 Å². The predicted molar refractivity (Wildman–Crippen MR) is 86.8 cm³/mol. The molecule has 0 fully saturated rings. The van der Waals surface area contributed by atoms with Gasteiger partial charge in [0.05, 0.1) is 23.3 Å². The number of rotatable bonds is 1. The van der Waals surface area contributed by atoms with E-state index in [0.717, 1.165) is 16.3 Å². The van der Waals surface area contributed by atoms with E-state index in [2.05, 4.69) is 6.07 Å². The molecule has 104 valence electrons. The van der Waals surface area contributed by atoms with Crippen LogP contribution in [0.5, 0.6) is 0 Å². The summed E-state index contributed by atoms with van der Waals surface area (Å²) in [6.45, 7) is 0. The fourth-order valence-corrected chi connectivity index (χ4v) is 2.89. The quantitative estimate of drug-likeness (QED) is 0.389. The summed E-state index contributed by atoms with van der Waals surface area (Å²) in [6.07, 6.45) is 0.219. The van der Waals surface area contributed by atoms with Crippen LogP contribution in [0.4, 0.5) is 0 Å². The average molecular weight is 285 g/mol. The highest BCUT2D eigenvalue weighted by molar-refractivity contribution is 6.06. The topological polar surface area (TPSA) is 54.0 Å². The van der Waals surface area contributed by atoms with Crippen molar-refractivity contribution >= 4 is 32.7 Å². The summed E-state index contributed by atoms with van der Waals surface area (Å²) in [7, 11) is 0. The maximum atomic E-state index is 12.7. The molecule has 0 aliphatic carbocycles. The van der Waals surface area contributed by atoms with Crippen LogP contribution >= 0.6 is 0 Å². The van der Waals surface area contributed by atoms with E-state index < -0.39 is 0 Å². The number of para-hydroxylation sites is 1. The molecule has 0 N–H and O–H groups in total. The van der Waals surface area contributed by atoms with Crippen molar-refractivity contribution in [1.29, 1.82) is 5.26 Å². The van der Waals surface area contributed by atoms with E-state index in [1.54, 1.807) is 18.2 Å². The first-order chi connectivity index (χ1) is 10.8. The first kappa shape index (κ1) is 12.6. The van der Waals surface area contributed by atoms with Crippen molar-refractivity contribution < 1.29 is 4.42 Å². The summed E-state index contributed by atoms with van der Waals surface area (Å²) >= 11 is 0. The molecule has 3 aromatic carbocycles. The van der Waals surface area contributed by atoms with Crippen LogP contribution in [0.15, 0.2) is 63.8 Å². The maximum Gasteiger partial charge on any atom is 0.200 e. The monoisotopic (exact) mass is 285 g/mol. The zero-order chi connectivity index (χ0) is 15.1. The molecule has 3 heteroatoms. The summed E-state index contributed by atoms with van der Waals surface area (Å²) in [4.78, 5) is 12.7. The number of fused-ring (bicyclic) bond motifs is 4. The van der Waals surface area contributed by atoms with Gasteiger partial charge >= 0.3 is 0 Å². The Balaban J connectivity index is 2.27. The molecule has 0 unspecified atom stereocenters. The lowest BCUT2D eigenvalue weighted by Gasteiger charge is -2.07. The number of nitriles is 1. The van der Waals surface area contributed by atoms with Crippen molar-refractivity contribution in [2.24, 2.45) is 0 Å². The highest BCUT2D eigenvalue weighted by atomic mass is 16.3. The molecular weight excluding hydrogens is 274 g/mol. The fraction of sp³-hybridized carbons (Fsp3) is 0.0526. The summed E-state index contributed by atoms with van der Waals surface area (Å²) in [5.41, 5.74) is 1.78. The molecule has 0 aliphatic heterocycles. The first-order valence-electron chi connectivity index (χ1n) is 7.03. The smallest absolute Gasteiger partial charge is 0.200 e. The third-order valence-corrected chi connectivity index (χ3v) is 3.94. The number of hydrogen-bond donors (Lipinski definition) is 0. The minimum Gasteiger partial charge on any atom is -0.455 e. The Kier molecular flexibility index (Phi) is 2.70. The molecule has 0 aliphatic rings. The van der Waals surface area contributed by atoms with Crippen LogP contribution in [-0.2, 0) is 6.42 Å². The van der Waals surface area contributed by atoms with E-state index in [1.807, 2.05) is 36.4 Å². The zero-order valence-electron chi connectivity index (χ0n) is 11.7. The Morgan fingerprint density at radius 3 is 2.50 bits per heavy atom. The lowest BCUT2D eigenvalue weighted by Crippen LogP contribution is -2.03. The van der Waals surface area contributed by atoms with Gasteiger partial charge in [-0.2, -0.15) is 5.26 Å². The first-order valence-corrected chi connectivity index (χ1v) is 7.03. The Morgan fingerprint density at radius 1 is 0.864 bits per heavy atom. The minimum atomic E-state index is -0.0539. The van der Waals surface area contributed by atoms with Gasteiger partial charge in [-0.25, -0.2) is 0 Å². The highest BCUT2D eigenvalue weighted by Gasteiger charge is 2.12. The van der Waals surface area contributed by atoms with Gasteiger partial charge in [0.2, 0.25) is 5.43 Å². The lowest BCUT2D eigenvalue weighted by atomic mass is 10.0. The molecular formula is C19H11NO2. The third kappa shape index (κ3) is 1.71. The van der Waals surface area contributed by atoms with Crippen LogP contribution in [0.2, 0.25) is 0 Å². The van der Waals surface area contributed by atoms with Crippen molar-refractivity contribution in [2.45, 2.75) is 6.42 Å². The molecule has 4 rings (SSSR count). The molecule has 0 saturated heterocycles. The van der Waals surface area contributed by atoms with Gasteiger partial charge in [0, 0.05) is 10.9 Å². The summed E-state index contributed by atoms with van der Waals surface area (Å²) in [6, 6.07) is 19.0. The van der Waals surface area contributed by atoms with Crippen LogP contribution in [0.1, 0.15) is 5.56 Å². The molecule has 0 amide bonds. The lowest BCUT2D eigenvalue weighted by molar-refractivity contribution is 0.659. The van der Waals surface area contributed by atoms with Crippen molar-refractivity contribution in [2.75, 3.05) is 0 Å². The largest absolute Gasteiger partial charge is 0.455 e. The van der Waals surface area contributed by atoms with Gasteiger partial charge in [0.1, 0.15) is 11.2 Å². The SMILES string of the molecule is N#CCc1cccc2c(=O)c3ccc4ccccc4c3oc12.